The summed E-state index contributed by atoms with van der Waals surface area (Å²) in [6.07, 6.45) is 0. The molecular weight excluding hydrogens is 348 g/mol. The highest BCUT2D eigenvalue weighted by molar-refractivity contribution is 8.01. The van der Waals surface area contributed by atoms with Crippen molar-refractivity contribution in [3.63, 3.8) is 0 Å². The van der Waals surface area contributed by atoms with Crippen molar-refractivity contribution in [2.75, 3.05) is 10.5 Å². The minimum Gasteiger partial charge on any atom is -0.280 e. The molecule has 0 atom stereocenters. The number of aryl methyl sites for hydroxylation is 1. The molecule has 0 fully saturated rings. The van der Waals surface area contributed by atoms with Crippen molar-refractivity contribution in [2.45, 2.75) is 23.1 Å². The molecule has 120 valence electrons. The molecule has 2 aromatic carbocycles. The number of thiazole rings is 1. The van der Waals surface area contributed by atoms with E-state index in [9.17, 15) is 8.42 Å². The van der Waals surface area contributed by atoms with Crippen molar-refractivity contribution >= 4 is 49.0 Å². The Labute approximate surface area is 144 Å². The van der Waals surface area contributed by atoms with Crippen molar-refractivity contribution in [3.05, 3.63) is 48.0 Å². The van der Waals surface area contributed by atoms with Crippen LogP contribution in [0.5, 0.6) is 0 Å². The topological polar surface area (TPSA) is 59.1 Å². The van der Waals surface area contributed by atoms with E-state index in [1.54, 1.807) is 47.4 Å². The summed E-state index contributed by atoms with van der Waals surface area (Å²) in [7, 11) is -3.58. The molecule has 7 heteroatoms. The van der Waals surface area contributed by atoms with Gasteiger partial charge in [-0.3, -0.25) is 4.72 Å². The van der Waals surface area contributed by atoms with Crippen LogP contribution in [0.25, 0.3) is 10.2 Å². The van der Waals surface area contributed by atoms with Gasteiger partial charge in [0.15, 0.2) is 4.34 Å². The summed E-state index contributed by atoms with van der Waals surface area (Å²) in [5, 5.41) is 0. The standard InChI is InChI=1S/C16H16N2O2S3/c1-3-21-16-17-14-8-7-12(10-15(14)22-16)18-23(19,20)13-6-4-5-11(2)9-13/h4-10,18H,3H2,1-2H3. The second-order valence-electron chi connectivity index (χ2n) is 5.02. The molecule has 0 amide bonds. The number of thioether (sulfide) groups is 1. The van der Waals surface area contributed by atoms with E-state index >= 15 is 0 Å². The van der Waals surface area contributed by atoms with E-state index in [2.05, 4.69) is 16.6 Å². The summed E-state index contributed by atoms with van der Waals surface area (Å²) >= 11 is 3.26. The van der Waals surface area contributed by atoms with Gasteiger partial charge < -0.3 is 0 Å². The van der Waals surface area contributed by atoms with Crippen LogP contribution in [0.1, 0.15) is 12.5 Å². The first kappa shape index (κ1) is 16.3. The molecule has 3 rings (SSSR count). The average Bonchev–Trinajstić information content (AvgIpc) is 2.89. The molecule has 1 N–H and O–H groups in total. The van der Waals surface area contributed by atoms with E-state index in [1.165, 1.54) is 0 Å². The van der Waals surface area contributed by atoms with E-state index in [-0.39, 0.29) is 4.90 Å². The van der Waals surface area contributed by atoms with E-state index in [0.29, 0.717) is 5.69 Å². The Balaban J connectivity index is 1.91. The maximum atomic E-state index is 12.5. The molecule has 0 bridgehead atoms. The second kappa shape index (κ2) is 6.51. The molecule has 0 radical (unpaired) electrons. The number of hydrogen-bond donors (Lipinski definition) is 1. The smallest absolute Gasteiger partial charge is 0.261 e. The Morgan fingerprint density at radius 2 is 2.04 bits per heavy atom. The number of anilines is 1. The molecule has 0 aliphatic heterocycles. The van der Waals surface area contributed by atoms with E-state index in [4.69, 9.17) is 0 Å². The fraction of sp³-hybridized carbons (Fsp3) is 0.188. The van der Waals surface area contributed by atoms with Gasteiger partial charge in [-0.2, -0.15) is 0 Å². The third kappa shape index (κ3) is 3.68. The Morgan fingerprint density at radius 1 is 1.22 bits per heavy atom. The normalized spacial score (nSPS) is 11.7. The van der Waals surface area contributed by atoms with E-state index < -0.39 is 10.0 Å². The lowest BCUT2D eigenvalue weighted by Gasteiger charge is -2.08. The van der Waals surface area contributed by atoms with Gasteiger partial charge in [0.05, 0.1) is 20.8 Å². The first-order valence-corrected chi connectivity index (χ1v) is 10.4. The van der Waals surface area contributed by atoms with Gasteiger partial charge in [-0.25, -0.2) is 13.4 Å². The molecule has 1 heterocycles. The molecule has 4 nitrogen and oxygen atoms in total. The predicted octanol–water partition coefficient (Wildman–Crippen LogP) is 4.52. The van der Waals surface area contributed by atoms with Crippen molar-refractivity contribution in [2.24, 2.45) is 0 Å². The number of aromatic nitrogens is 1. The lowest BCUT2D eigenvalue weighted by atomic mass is 10.2. The molecule has 0 aliphatic rings. The summed E-state index contributed by atoms with van der Waals surface area (Å²) in [5.74, 6) is 0.965. The van der Waals surface area contributed by atoms with Crippen molar-refractivity contribution in [1.82, 2.24) is 4.98 Å². The van der Waals surface area contributed by atoms with Gasteiger partial charge in [-0.1, -0.05) is 30.8 Å². The number of nitrogens with zero attached hydrogens (tertiary/aromatic N) is 1. The van der Waals surface area contributed by atoms with E-state index in [0.717, 1.165) is 25.9 Å². The molecule has 3 aromatic rings. The van der Waals surface area contributed by atoms with Gasteiger partial charge in [0.2, 0.25) is 0 Å². The van der Waals surface area contributed by atoms with Gasteiger partial charge in [-0.05, 0) is 48.6 Å². The number of fused-ring (bicyclic) bond motifs is 1. The number of rotatable bonds is 5. The number of benzene rings is 2. The third-order valence-corrected chi connectivity index (χ3v) is 6.61. The maximum Gasteiger partial charge on any atom is 0.261 e. The number of hydrogen-bond acceptors (Lipinski definition) is 5. The van der Waals surface area contributed by atoms with Crippen LogP contribution in [-0.2, 0) is 10.0 Å². The van der Waals surface area contributed by atoms with Crippen LogP contribution in [0.3, 0.4) is 0 Å². The van der Waals surface area contributed by atoms with Crippen LogP contribution >= 0.6 is 23.1 Å². The monoisotopic (exact) mass is 364 g/mol. The quantitative estimate of drug-likeness (QED) is 0.676. The first-order valence-electron chi connectivity index (χ1n) is 7.11. The van der Waals surface area contributed by atoms with Crippen LogP contribution in [-0.4, -0.2) is 19.2 Å². The highest BCUT2D eigenvalue weighted by Crippen LogP contribution is 2.31. The highest BCUT2D eigenvalue weighted by atomic mass is 32.2. The lowest BCUT2D eigenvalue weighted by molar-refractivity contribution is 0.601. The van der Waals surface area contributed by atoms with Crippen LogP contribution in [0.4, 0.5) is 5.69 Å². The summed E-state index contributed by atoms with van der Waals surface area (Å²) in [5.41, 5.74) is 2.35. The number of nitrogens with one attached hydrogen (secondary N) is 1. The van der Waals surface area contributed by atoms with Gasteiger partial charge in [0.1, 0.15) is 0 Å². The van der Waals surface area contributed by atoms with Crippen molar-refractivity contribution in [1.29, 1.82) is 0 Å². The van der Waals surface area contributed by atoms with Gasteiger partial charge in [0.25, 0.3) is 10.0 Å². The average molecular weight is 365 g/mol. The fourth-order valence-corrected chi connectivity index (χ4v) is 5.31. The summed E-state index contributed by atoms with van der Waals surface area (Å²) in [4.78, 5) is 4.78. The third-order valence-electron chi connectivity index (χ3n) is 3.19. The highest BCUT2D eigenvalue weighted by Gasteiger charge is 2.15. The summed E-state index contributed by atoms with van der Waals surface area (Å²) in [6.45, 7) is 3.95. The van der Waals surface area contributed by atoms with Gasteiger partial charge >= 0.3 is 0 Å². The zero-order valence-corrected chi connectivity index (χ0v) is 15.2. The zero-order valence-electron chi connectivity index (χ0n) is 12.7. The van der Waals surface area contributed by atoms with Crippen LogP contribution in [0.15, 0.2) is 51.7 Å². The van der Waals surface area contributed by atoms with Crippen LogP contribution in [0.2, 0.25) is 0 Å². The van der Waals surface area contributed by atoms with Gasteiger partial charge in [0, 0.05) is 0 Å². The van der Waals surface area contributed by atoms with Gasteiger partial charge in [-0.15, -0.1) is 11.3 Å². The minimum absolute atomic E-state index is 0.268. The second-order valence-corrected chi connectivity index (χ2v) is 9.24. The molecule has 1 aromatic heterocycles. The molecule has 0 saturated heterocycles. The summed E-state index contributed by atoms with van der Waals surface area (Å²) < 4.78 is 29.6. The minimum atomic E-state index is -3.58. The molecule has 23 heavy (non-hydrogen) atoms. The molecular formula is C16H16N2O2S3. The molecule has 0 aliphatic carbocycles. The Morgan fingerprint density at radius 3 is 2.78 bits per heavy atom. The van der Waals surface area contributed by atoms with Crippen LogP contribution < -0.4 is 4.72 Å². The zero-order chi connectivity index (χ0) is 16.4. The van der Waals surface area contributed by atoms with Crippen molar-refractivity contribution in [3.8, 4) is 0 Å². The SMILES string of the molecule is CCSc1nc2ccc(NS(=O)(=O)c3cccc(C)c3)cc2s1. The largest absolute Gasteiger partial charge is 0.280 e. The Kier molecular flexibility index (Phi) is 4.61. The maximum absolute atomic E-state index is 12.5. The Bertz CT molecular complexity index is 949. The van der Waals surface area contributed by atoms with E-state index in [1.807, 2.05) is 25.1 Å². The number of sulfonamides is 1. The molecule has 0 spiro atoms. The Hall–Kier alpha value is -1.57. The van der Waals surface area contributed by atoms with Crippen molar-refractivity contribution < 1.29 is 8.42 Å². The molecule has 0 unspecified atom stereocenters. The lowest BCUT2D eigenvalue weighted by Crippen LogP contribution is -2.12. The first-order chi connectivity index (χ1) is 11.0. The predicted molar refractivity (Wildman–Crippen MR) is 98.0 cm³/mol. The fourth-order valence-electron chi connectivity index (χ4n) is 2.15. The molecule has 0 saturated carbocycles. The van der Waals surface area contributed by atoms with Crippen LogP contribution in [0, 0.1) is 6.92 Å². The summed E-state index contributed by atoms with van der Waals surface area (Å²) in [6, 6.07) is 12.3.